The van der Waals surface area contributed by atoms with Gasteiger partial charge in [0.1, 0.15) is 5.71 Å². The Labute approximate surface area is 104 Å². The highest BCUT2D eigenvalue weighted by atomic mass is 16.2. The fraction of sp³-hybridized carbons (Fsp3) is 0.636. The van der Waals surface area contributed by atoms with Gasteiger partial charge in [-0.15, -0.1) is 0 Å². The van der Waals surface area contributed by atoms with Crippen LogP contribution in [0.2, 0.25) is 0 Å². The molecule has 0 bridgehead atoms. The van der Waals surface area contributed by atoms with Gasteiger partial charge in [-0.3, -0.25) is 14.4 Å². The molecule has 7 heteroatoms. The second-order valence-corrected chi connectivity index (χ2v) is 4.59. The quantitative estimate of drug-likeness (QED) is 0.656. The van der Waals surface area contributed by atoms with Crippen LogP contribution in [0, 0.1) is 5.92 Å². The summed E-state index contributed by atoms with van der Waals surface area (Å²) in [5.74, 6) is -1.03. The molecule has 0 saturated carbocycles. The molecule has 0 radical (unpaired) electrons. The van der Waals surface area contributed by atoms with E-state index in [0.29, 0.717) is 25.2 Å². The Morgan fingerprint density at radius 1 is 1.39 bits per heavy atom. The normalized spacial score (nSPS) is 24.2. The number of carbonyl (C=O) groups is 3. The molecule has 18 heavy (non-hydrogen) atoms. The summed E-state index contributed by atoms with van der Waals surface area (Å²) in [5.41, 5.74) is 7.90. The first kappa shape index (κ1) is 12.5. The first-order chi connectivity index (χ1) is 8.58. The maximum absolute atomic E-state index is 12.1. The molecule has 0 aromatic carbocycles. The highest BCUT2D eigenvalue weighted by Gasteiger charge is 2.30. The number of carbonyl (C=O) groups excluding carboxylic acids is 3. The largest absolute Gasteiger partial charge is 0.369 e. The molecule has 0 spiro atoms. The highest BCUT2D eigenvalue weighted by molar-refractivity contribution is 6.39. The lowest BCUT2D eigenvalue weighted by molar-refractivity contribution is -0.129. The number of likely N-dealkylation sites (tertiary alicyclic amines) is 1. The first-order valence-electron chi connectivity index (χ1n) is 6.02. The van der Waals surface area contributed by atoms with E-state index in [1.165, 1.54) is 0 Å². The van der Waals surface area contributed by atoms with Gasteiger partial charge >= 0.3 is 0 Å². The van der Waals surface area contributed by atoms with Gasteiger partial charge in [-0.1, -0.05) is 0 Å². The molecule has 0 aromatic rings. The monoisotopic (exact) mass is 252 g/mol. The molecule has 0 aliphatic carbocycles. The van der Waals surface area contributed by atoms with Crippen LogP contribution in [-0.4, -0.2) is 41.4 Å². The average molecular weight is 252 g/mol. The van der Waals surface area contributed by atoms with Gasteiger partial charge in [0.2, 0.25) is 11.8 Å². The molecule has 2 heterocycles. The van der Waals surface area contributed by atoms with Gasteiger partial charge < -0.3 is 10.6 Å². The maximum Gasteiger partial charge on any atom is 0.270 e. The van der Waals surface area contributed by atoms with E-state index < -0.39 is 0 Å². The summed E-state index contributed by atoms with van der Waals surface area (Å²) in [4.78, 5) is 35.8. The molecular formula is C11H16N4O3. The van der Waals surface area contributed by atoms with E-state index in [4.69, 9.17) is 5.73 Å². The molecule has 3 N–H and O–H groups in total. The number of hydrogen-bond acceptors (Lipinski definition) is 4. The number of primary amides is 1. The van der Waals surface area contributed by atoms with E-state index in [1.807, 2.05) is 0 Å². The van der Waals surface area contributed by atoms with Crippen molar-refractivity contribution in [1.82, 2.24) is 10.3 Å². The van der Waals surface area contributed by atoms with Crippen molar-refractivity contribution in [3.63, 3.8) is 0 Å². The minimum Gasteiger partial charge on any atom is -0.369 e. The van der Waals surface area contributed by atoms with Gasteiger partial charge in [0.25, 0.3) is 5.91 Å². The smallest absolute Gasteiger partial charge is 0.270 e. The van der Waals surface area contributed by atoms with Crippen molar-refractivity contribution in [2.24, 2.45) is 16.8 Å². The standard InChI is InChI=1S/C11H16N4O3/c12-10(17)7-2-1-5-15(6-7)11(18)8-3-4-9(16)14-13-8/h7H,1-6H2,(H2,12,17)(H,14,16). The maximum atomic E-state index is 12.1. The van der Waals surface area contributed by atoms with E-state index in [2.05, 4.69) is 10.5 Å². The molecule has 1 fully saturated rings. The van der Waals surface area contributed by atoms with E-state index in [-0.39, 0.29) is 30.1 Å². The molecule has 7 nitrogen and oxygen atoms in total. The number of amides is 3. The predicted octanol–water partition coefficient (Wildman–Crippen LogP) is -1.02. The van der Waals surface area contributed by atoms with Crippen LogP contribution in [0.4, 0.5) is 0 Å². The first-order valence-corrected chi connectivity index (χ1v) is 6.02. The predicted molar refractivity (Wildman–Crippen MR) is 63.3 cm³/mol. The lowest BCUT2D eigenvalue weighted by atomic mass is 9.97. The zero-order valence-electron chi connectivity index (χ0n) is 10.0. The van der Waals surface area contributed by atoms with Gasteiger partial charge in [-0.2, -0.15) is 5.10 Å². The summed E-state index contributed by atoms with van der Waals surface area (Å²) in [6.07, 6.45) is 2.11. The molecule has 1 unspecified atom stereocenters. The van der Waals surface area contributed by atoms with Crippen molar-refractivity contribution in [2.45, 2.75) is 25.7 Å². The lowest BCUT2D eigenvalue weighted by Crippen LogP contribution is -2.47. The van der Waals surface area contributed by atoms with Crippen LogP contribution >= 0.6 is 0 Å². The number of nitrogens with two attached hydrogens (primary N) is 1. The molecule has 98 valence electrons. The number of piperidine rings is 1. The van der Waals surface area contributed by atoms with Crippen molar-refractivity contribution in [1.29, 1.82) is 0 Å². The minimum absolute atomic E-state index is 0.180. The summed E-state index contributed by atoms with van der Waals surface area (Å²) in [6.45, 7) is 0.955. The fourth-order valence-electron chi connectivity index (χ4n) is 2.20. The Morgan fingerprint density at radius 2 is 2.17 bits per heavy atom. The van der Waals surface area contributed by atoms with E-state index in [0.717, 1.165) is 12.8 Å². The summed E-state index contributed by atoms with van der Waals surface area (Å²) in [6, 6.07) is 0. The molecule has 0 aromatic heterocycles. The van der Waals surface area contributed by atoms with Gasteiger partial charge in [0, 0.05) is 25.9 Å². The summed E-state index contributed by atoms with van der Waals surface area (Å²) in [7, 11) is 0. The molecule has 2 aliphatic rings. The van der Waals surface area contributed by atoms with Crippen LogP contribution < -0.4 is 11.2 Å². The van der Waals surface area contributed by atoms with Crippen molar-refractivity contribution >= 4 is 23.4 Å². The summed E-state index contributed by atoms with van der Waals surface area (Å²) < 4.78 is 0. The third kappa shape index (κ3) is 2.66. The Hall–Kier alpha value is -1.92. The van der Waals surface area contributed by atoms with Crippen LogP contribution in [0.15, 0.2) is 5.10 Å². The second-order valence-electron chi connectivity index (χ2n) is 4.59. The summed E-state index contributed by atoms with van der Waals surface area (Å²) >= 11 is 0. The van der Waals surface area contributed by atoms with Gasteiger partial charge in [0.05, 0.1) is 5.92 Å². The number of hydrazone groups is 1. The van der Waals surface area contributed by atoms with Gasteiger partial charge in [0.15, 0.2) is 0 Å². The van der Waals surface area contributed by atoms with Crippen LogP contribution in [0.1, 0.15) is 25.7 Å². The Balaban J connectivity index is 2.00. The number of nitrogens with one attached hydrogen (secondary N) is 1. The third-order valence-corrected chi connectivity index (χ3v) is 3.26. The number of nitrogens with zero attached hydrogens (tertiary/aromatic N) is 2. The van der Waals surface area contributed by atoms with Crippen molar-refractivity contribution in [3.8, 4) is 0 Å². The van der Waals surface area contributed by atoms with E-state index in [9.17, 15) is 14.4 Å². The summed E-state index contributed by atoms with van der Waals surface area (Å²) in [5, 5.41) is 3.77. The van der Waals surface area contributed by atoms with Crippen molar-refractivity contribution in [2.75, 3.05) is 13.1 Å². The van der Waals surface area contributed by atoms with Gasteiger partial charge in [-0.25, -0.2) is 5.43 Å². The van der Waals surface area contributed by atoms with Crippen LogP contribution in [0.25, 0.3) is 0 Å². The molecular weight excluding hydrogens is 236 g/mol. The van der Waals surface area contributed by atoms with Crippen molar-refractivity contribution < 1.29 is 14.4 Å². The molecule has 2 rings (SSSR count). The lowest BCUT2D eigenvalue weighted by Gasteiger charge is -2.31. The minimum atomic E-state index is -0.369. The Morgan fingerprint density at radius 3 is 2.78 bits per heavy atom. The van der Waals surface area contributed by atoms with E-state index >= 15 is 0 Å². The van der Waals surface area contributed by atoms with Gasteiger partial charge in [-0.05, 0) is 12.8 Å². The second kappa shape index (κ2) is 5.16. The molecule has 1 saturated heterocycles. The van der Waals surface area contributed by atoms with Crippen molar-refractivity contribution in [3.05, 3.63) is 0 Å². The van der Waals surface area contributed by atoms with Crippen LogP contribution in [0.5, 0.6) is 0 Å². The number of rotatable bonds is 2. The molecule has 2 aliphatic heterocycles. The zero-order valence-corrected chi connectivity index (χ0v) is 10.0. The zero-order chi connectivity index (χ0) is 13.1. The number of hydrogen-bond donors (Lipinski definition) is 2. The highest BCUT2D eigenvalue weighted by Crippen LogP contribution is 2.17. The topological polar surface area (TPSA) is 105 Å². The Bertz CT molecular complexity index is 419. The van der Waals surface area contributed by atoms with Crippen LogP contribution in [-0.2, 0) is 14.4 Å². The molecule has 1 atom stereocenters. The fourth-order valence-corrected chi connectivity index (χ4v) is 2.20. The van der Waals surface area contributed by atoms with Crippen LogP contribution in [0.3, 0.4) is 0 Å². The third-order valence-electron chi connectivity index (χ3n) is 3.26. The average Bonchev–Trinajstić information content (AvgIpc) is 2.39. The van der Waals surface area contributed by atoms with E-state index in [1.54, 1.807) is 4.90 Å². The Kier molecular flexibility index (Phi) is 3.59. The SMILES string of the molecule is NC(=O)C1CCCN(C(=O)C2=NNC(=O)CC2)C1. The molecule has 3 amide bonds.